The largest absolute Gasteiger partial charge is 0.326 e. The van der Waals surface area contributed by atoms with Gasteiger partial charge in [0.2, 0.25) is 5.91 Å². The van der Waals surface area contributed by atoms with Gasteiger partial charge in [-0.25, -0.2) is 0 Å². The van der Waals surface area contributed by atoms with E-state index in [0.29, 0.717) is 6.42 Å². The van der Waals surface area contributed by atoms with E-state index in [1.807, 2.05) is 36.4 Å². The van der Waals surface area contributed by atoms with E-state index in [1.54, 1.807) is 0 Å². The van der Waals surface area contributed by atoms with Gasteiger partial charge in [0.05, 0.1) is 0 Å². The number of hydrogen-bond donors (Lipinski definition) is 1. The first-order valence-electron chi connectivity index (χ1n) is 6.73. The van der Waals surface area contributed by atoms with E-state index in [-0.39, 0.29) is 5.91 Å². The second kappa shape index (κ2) is 7.37. The molecule has 0 aliphatic carbocycles. The summed E-state index contributed by atoms with van der Waals surface area (Å²) in [7, 11) is 0. The molecule has 0 heterocycles. The molecule has 2 rings (SSSR count). The molecule has 0 saturated heterocycles. The fourth-order valence-corrected chi connectivity index (χ4v) is 2.00. The Labute approximate surface area is 114 Å². The highest BCUT2D eigenvalue weighted by Gasteiger charge is 2.01. The van der Waals surface area contributed by atoms with E-state index >= 15 is 0 Å². The summed E-state index contributed by atoms with van der Waals surface area (Å²) in [5.41, 5.74) is 2.21. The number of anilines is 1. The van der Waals surface area contributed by atoms with Crippen LogP contribution in [0.3, 0.4) is 0 Å². The Balaban J connectivity index is 1.65. The highest BCUT2D eigenvalue weighted by atomic mass is 16.1. The predicted molar refractivity (Wildman–Crippen MR) is 79.1 cm³/mol. The Morgan fingerprint density at radius 1 is 0.842 bits per heavy atom. The minimum atomic E-state index is 0.0965. The highest BCUT2D eigenvalue weighted by Crippen LogP contribution is 2.09. The molecule has 0 radical (unpaired) electrons. The SMILES string of the molecule is O=C(CCCCc1ccccc1)Nc1ccccc1. The van der Waals surface area contributed by atoms with Crippen LogP contribution in [0.15, 0.2) is 60.7 Å². The van der Waals surface area contributed by atoms with Gasteiger partial charge in [-0.15, -0.1) is 0 Å². The lowest BCUT2D eigenvalue weighted by atomic mass is 10.1. The summed E-state index contributed by atoms with van der Waals surface area (Å²) >= 11 is 0. The molecule has 0 saturated carbocycles. The van der Waals surface area contributed by atoms with Crippen molar-refractivity contribution in [3.63, 3.8) is 0 Å². The molecule has 0 aliphatic rings. The monoisotopic (exact) mass is 253 g/mol. The fraction of sp³-hybridized carbons (Fsp3) is 0.235. The van der Waals surface area contributed by atoms with Gasteiger partial charge in [-0.2, -0.15) is 0 Å². The van der Waals surface area contributed by atoms with Gasteiger partial charge >= 0.3 is 0 Å². The first kappa shape index (κ1) is 13.3. The van der Waals surface area contributed by atoms with Crippen molar-refractivity contribution >= 4 is 11.6 Å². The third-order valence-electron chi connectivity index (χ3n) is 3.02. The molecule has 0 spiro atoms. The standard InChI is InChI=1S/C17H19NO/c19-17(18-16-12-5-2-6-13-16)14-8-7-11-15-9-3-1-4-10-15/h1-6,9-10,12-13H,7-8,11,14H2,(H,18,19). The highest BCUT2D eigenvalue weighted by molar-refractivity contribution is 5.90. The summed E-state index contributed by atoms with van der Waals surface area (Å²) in [4.78, 5) is 11.7. The van der Waals surface area contributed by atoms with E-state index in [4.69, 9.17) is 0 Å². The van der Waals surface area contributed by atoms with Gasteiger partial charge in [-0.1, -0.05) is 48.5 Å². The van der Waals surface area contributed by atoms with Gasteiger partial charge < -0.3 is 5.32 Å². The Morgan fingerprint density at radius 3 is 2.16 bits per heavy atom. The second-order valence-corrected chi connectivity index (χ2v) is 4.61. The molecule has 0 unspecified atom stereocenters. The van der Waals surface area contributed by atoms with Crippen LogP contribution in [0.2, 0.25) is 0 Å². The van der Waals surface area contributed by atoms with Crippen LogP contribution >= 0.6 is 0 Å². The third kappa shape index (κ3) is 4.96. The molecule has 1 N–H and O–H groups in total. The van der Waals surface area contributed by atoms with Crippen LogP contribution in [-0.2, 0) is 11.2 Å². The Bertz CT molecular complexity index is 493. The molecule has 0 atom stereocenters. The molecule has 1 amide bonds. The van der Waals surface area contributed by atoms with Crippen molar-refractivity contribution in [3.8, 4) is 0 Å². The van der Waals surface area contributed by atoms with E-state index in [0.717, 1.165) is 24.9 Å². The van der Waals surface area contributed by atoms with Gasteiger partial charge in [0, 0.05) is 12.1 Å². The molecular formula is C17H19NO. The van der Waals surface area contributed by atoms with Crippen LogP contribution in [0.5, 0.6) is 0 Å². The molecule has 19 heavy (non-hydrogen) atoms. The number of rotatable bonds is 6. The lowest BCUT2D eigenvalue weighted by Gasteiger charge is -2.05. The molecule has 2 aromatic rings. The van der Waals surface area contributed by atoms with Crippen LogP contribution in [0.4, 0.5) is 5.69 Å². The van der Waals surface area contributed by atoms with Crippen LogP contribution in [0.25, 0.3) is 0 Å². The van der Waals surface area contributed by atoms with E-state index in [9.17, 15) is 4.79 Å². The van der Waals surface area contributed by atoms with Crippen molar-refractivity contribution in [2.24, 2.45) is 0 Å². The van der Waals surface area contributed by atoms with E-state index in [1.165, 1.54) is 5.56 Å². The summed E-state index contributed by atoms with van der Waals surface area (Å²) in [6, 6.07) is 20.0. The van der Waals surface area contributed by atoms with Gasteiger partial charge in [-0.3, -0.25) is 4.79 Å². The maximum atomic E-state index is 11.7. The van der Waals surface area contributed by atoms with Gasteiger partial charge in [0.1, 0.15) is 0 Å². The normalized spacial score (nSPS) is 10.1. The zero-order valence-corrected chi connectivity index (χ0v) is 11.0. The summed E-state index contributed by atoms with van der Waals surface area (Å²) in [6.45, 7) is 0. The average molecular weight is 253 g/mol. The molecule has 0 aliphatic heterocycles. The number of carbonyl (C=O) groups is 1. The summed E-state index contributed by atoms with van der Waals surface area (Å²) in [5, 5.41) is 2.90. The third-order valence-corrected chi connectivity index (χ3v) is 3.02. The zero-order chi connectivity index (χ0) is 13.3. The maximum absolute atomic E-state index is 11.7. The molecule has 0 aromatic heterocycles. The quantitative estimate of drug-likeness (QED) is 0.773. The van der Waals surface area contributed by atoms with Crippen LogP contribution in [0.1, 0.15) is 24.8 Å². The molecular weight excluding hydrogens is 234 g/mol. The lowest BCUT2D eigenvalue weighted by Crippen LogP contribution is -2.10. The van der Waals surface area contributed by atoms with Crippen LogP contribution < -0.4 is 5.32 Å². The molecule has 2 heteroatoms. The molecule has 98 valence electrons. The summed E-state index contributed by atoms with van der Waals surface area (Å²) in [6.07, 6.45) is 3.60. The lowest BCUT2D eigenvalue weighted by molar-refractivity contribution is -0.116. The van der Waals surface area contributed by atoms with Crippen molar-refractivity contribution in [1.29, 1.82) is 0 Å². The molecule has 0 bridgehead atoms. The maximum Gasteiger partial charge on any atom is 0.224 e. The van der Waals surface area contributed by atoms with Crippen molar-refractivity contribution in [3.05, 3.63) is 66.2 Å². The van der Waals surface area contributed by atoms with Gasteiger partial charge in [0.15, 0.2) is 0 Å². The number of para-hydroxylation sites is 1. The van der Waals surface area contributed by atoms with Crippen molar-refractivity contribution in [1.82, 2.24) is 0 Å². The summed E-state index contributed by atoms with van der Waals surface area (Å²) < 4.78 is 0. The first-order valence-corrected chi connectivity index (χ1v) is 6.73. The number of unbranched alkanes of at least 4 members (excludes halogenated alkanes) is 1. The van der Waals surface area contributed by atoms with Crippen molar-refractivity contribution in [2.75, 3.05) is 5.32 Å². The van der Waals surface area contributed by atoms with Gasteiger partial charge in [-0.05, 0) is 37.0 Å². The molecule has 2 aromatic carbocycles. The number of carbonyl (C=O) groups excluding carboxylic acids is 1. The summed E-state index contributed by atoms with van der Waals surface area (Å²) in [5.74, 6) is 0.0965. The Hall–Kier alpha value is -2.09. The predicted octanol–water partition coefficient (Wildman–Crippen LogP) is 4.04. The fourth-order valence-electron chi connectivity index (χ4n) is 2.00. The molecule has 2 nitrogen and oxygen atoms in total. The number of benzene rings is 2. The smallest absolute Gasteiger partial charge is 0.224 e. The topological polar surface area (TPSA) is 29.1 Å². The number of amides is 1. The average Bonchev–Trinajstić information content (AvgIpc) is 2.46. The van der Waals surface area contributed by atoms with Crippen LogP contribution in [0, 0.1) is 0 Å². The zero-order valence-electron chi connectivity index (χ0n) is 11.0. The number of hydrogen-bond acceptors (Lipinski definition) is 1. The number of aryl methyl sites for hydroxylation is 1. The first-order chi connectivity index (χ1) is 9.34. The van der Waals surface area contributed by atoms with Crippen molar-refractivity contribution in [2.45, 2.75) is 25.7 Å². The van der Waals surface area contributed by atoms with Gasteiger partial charge in [0.25, 0.3) is 0 Å². The van der Waals surface area contributed by atoms with E-state index < -0.39 is 0 Å². The molecule has 0 fully saturated rings. The Morgan fingerprint density at radius 2 is 1.47 bits per heavy atom. The second-order valence-electron chi connectivity index (χ2n) is 4.61. The minimum absolute atomic E-state index is 0.0965. The van der Waals surface area contributed by atoms with Crippen molar-refractivity contribution < 1.29 is 4.79 Å². The minimum Gasteiger partial charge on any atom is -0.326 e. The van der Waals surface area contributed by atoms with E-state index in [2.05, 4.69) is 29.6 Å². The Kier molecular flexibility index (Phi) is 5.17. The number of nitrogens with one attached hydrogen (secondary N) is 1. The van der Waals surface area contributed by atoms with Crippen LogP contribution in [-0.4, -0.2) is 5.91 Å².